The number of hydrogen-bond acceptors (Lipinski definition) is 4. The SMILES string of the molecule is COc1ccccc1/C=C/C=N/N1CCN(Cc2ccc(Cl)cc2)CC1. The molecule has 0 radical (unpaired) electrons. The Morgan fingerprint density at radius 3 is 2.50 bits per heavy atom. The number of allylic oxidation sites excluding steroid dienone is 1. The zero-order valence-corrected chi connectivity index (χ0v) is 15.8. The van der Waals surface area contributed by atoms with Crippen LogP contribution in [0.15, 0.2) is 59.7 Å². The summed E-state index contributed by atoms with van der Waals surface area (Å²) in [5.74, 6) is 0.868. The largest absolute Gasteiger partial charge is 0.496 e. The van der Waals surface area contributed by atoms with Crippen LogP contribution in [0.2, 0.25) is 5.02 Å². The fourth-order valence-corrected chi connectivity index (χ4v) is 3.07. The van der Waals surface area contributed by atoms with Crippen molar-refractivity contribution in [2.45, 2.75) is 6.54 Å². The van der Waals surface area contributed by atoms with Gasteiger partial charge in [0.25, 0.3) is 0 Å². The van der Waals surface area contributed by atoms with Crippen molar-refractivity contribution in [2.75, 3.05) is 33.3 Å². The molecular formula is C21H24ClN3O. The van der Waals surface area contributed by atoms with Gasteiger partial charge >= 0.3 is 0 Å². The number of hydrazone groups is 1. The van der Waals surface area contributed by atoms with E-state index in [0.717, 1.165) is 49.1 Å². The predicted molar refractivity (Wildman–Crippen MR) is 109 cm³/mol. The van der Waals surface area contributed by atoms with Crippen LogP contribution in [-0.2, 0) is 6.54 Å². The van der Waals surface area contributed by atoms with Gasteiger partial charge in [0.1, 0.15) is 5.75 Å². The quantitative estimate of drug-likeness (QED) is 0.715. The molecule has 0 unspecified atom stereocenters. The number of para-hydroxylation sites is 1. The first kappa shape index (κ1) is 18.5. The summed E-state index contributed by atoms with van der Waals surface area (Å²) < 4.78 is 5.34. The molecule has 1 fully saturated rings. The van der Waals surface area contributed by atoms with Gasteiger partial charge in [-0.05, 0) is 35.9 Å². The minimum absolute atomic E-state index is 0.786. The molecule has 0 spiro atoms. The van der Waals surface area contributed by atoms with Gasteiger partial charge < -0.3 is 4.74 Å². The summed E-state index contributed by atoms with van der Waals surface area (Å²) in [6.45, 7) is 4.86. The molecule has 2 aromatic rings. The molecule has 0 bridgehead atoms. The van der Waals surface area contributed by atoms with E-state index in [1.54, 1.807) is 7.11 Å². The summed E-state index contributed by atoms with van der Waals surface area (Å²) in [5.41, 5.74) is 2.35. The van der Waals surface area contributed by atoms with Crippen molar-refractivity contribution < 1.29 is 4.74 Å². The molecule has 4 nitrogen and oxygen atoms in total. The highest BCUT2D eigenvalue weighted by Gasteiger charge is 2.15. The maximum atomic E-state index is 5.94. The number of benzene rings is 2. The second kappa shape index (κ2) is 9.41. The van der Waals surface area contributed by atoms with E-state index in [-0.39, 0.29) is 0 Å². The molecule has 1 aliphatic rings. The molecule has 1 saturated heterocycles. The van der Waals surface area contributed by atoms with E-state index in [1.807, 2.05) is 54.8 Å². The molecule has 136 valence electrons. The monoisotopic (exact) mass is 369 g/mol. The lowest BCUT2D eigenvalue weighted by molar-refractivity contribution is 0.131. The van der Waals surface area contributed by atoms with Crippen LogP contribution >= 0.6 is 11.6 Å². The highest BCUT2D eigenvalue weighted by molar-refractivity contribution is 6.30. The van der Waals surface area contributed by atoms with Crippen LogP contribution in [0.4, 0.5) is 0 Å². The van der Waals surface area contributed by atoms with Crippen molar-refractivity contribution in [1.82, 2.24) is 9.91 Å². The fraction of sp³-hybridized carbons (Fsp3) is 0.286. The van der Waals surface area contributed by atoms with E-state index in [0.29, 0.717) is 0 Å². The first-order valence-corrected chi connectivity index (χ1v) is 9.18. The van der Waals surface area contributed by atoms with Gasteiger partial charge in [-0.25, -0.2) is 0 Å². The standard InChI is InChI=1S/C21H24ClN3O/c1-26-21-7-3-2-5-19(21)6-4-12-23-25-15-13-24(14-16-25)17-18-8-10-20(22)11-9-18/h2-12H,13-17H2,1H3/b6-4+,23-12+. The summed E-state index contributed by atoms with van der Waals surface area (Å²) in [7, 11) is 1.68. The van der Waals surface area contributed by atoms with Crippen LogP contribution < -0.4 is 4.74 Å². The third-order valence-corrected chi connectivity index (χ3v) is 4.65. The van der Waals surface area contributed by atoms with Crippen LogP contribution in [0.5, 0.6) is 5.75 Å². The molecule has 5 heteroatoms. The third-order valence-electron chi connectivity index (χ3n) is 4.40. The van der Waals surface area contributed by atoms with Gasteiger partial charge in [0.15, 0.2) is 0 Å². The molecule has 0 aliphatic carbocycles. The molecule has 2 aromatic carbocycles. The highest BCUT2D eigenvalue weighted by Crippen LogP contribution is 2.18. The van der Waals surface area contributed by atoms with E-state index in [2.05, 4.69) is 27.1 Å². The Morgan fingerprint density at radius 1 is 1.04 bits per heavy atom. The molecule has 3 rings (SSSR count). The topological polar surface area (TPSA) is 28.1 Å². The Labute approximate surface area is 160 Å². The van der Waals surface area contributed by atoms with Crippen molar-refractivity contribution in [1.29, 1.82) is 0 Å². The van der Waals surface area contributed by atoms with Crippen LogP contribution in [0.25, 0.3) is 6.08 Å². The molecule has 0 atom stereocenters. The molecule has 0 N–H and O–H groups in total. The first-order chi connectivity index (χ1) is 12.7. The summed E-state index contributed by atoms with van der Waals surface area (Å²) in [6, 6.07) is 16.0. The minimum Gasteiger partial charge on any atom is -0.496 e. The first-order valence-electron chi connectivity index (χ1n) is 8.80. The van der Waals surface area contributed by atoms with E-state index in [1.165, 1.54) is 5.56 Å². The van der Waals surface area contributed by atoms with Gasteiger partial charge in [-0.15, -0.1) is 0 Å². The number of methoxy groups -OCH3 is 1. The summed E-state index contributed by atoms with van der Waals surface area (Å²) in [6.07, 6.45) is 5.82. The van der Waals surface area contributed by atoms with Crippen LogP contribution in [-0.4, -0.2) is 49.4 Å². The van der Waals surface area contributed by atoms with Crippen LogP contribution in [0, 0.1) is 0 Å². The van der Waals surface area contributed by atoms with Gasteiger partial charge in [0.05, 0.1) is 7.11 Å². The van der Waals surface area contributed by atoms with Gasteiger partial charge in [-0.2, -0.15) is 5.10 Å². The number of hydrogen-bond donors (Lipinski definition) is 0. The second-order valence-corrected chi connectivity index (χ2v) is 6.66. The number of halogens is 1. The number of rotatable bonds is 6. The molecule has 0 aromatic heterocycles. The smallest absolute Gasteiger partial charge is 0.126 e. The van der Waals surface area contributed by atoms with Crippen LogP contribution in [0.1, 0.15) is 11.1 Å². The van der Waals surface area contributed by atoms with Crippen LogP contribution in [0.3, 0.4) is 0 Å². The lowest BCUT2D eigenvalue weighted by Crippen LogP contribution is -2.43. The summed E-state index contributed by atoms with van der Waals surface area (Å²) >= 11 is 5.94. The normalized spacial score (nSPS) is 15.8. The van der Waals surface area contributed by atoms with Gasteiger partial charge in [0.2, 0.25) is 0 Å². The Kier molecular flexibility index (Phi) is 6.69. The van der Waals surface area contributed by atoms with Crippen molar-refractivity contribution in [3.63, 3.8) is 0 Å². The van der Waals surface area contributed by atoms with E-state index in [4.69, 9.17) is 16.3 Å². The fourth-order valence-electron chi connectivity index (χ4n) is 2.94. The maximum absolute atomic E-state index is 5.94. The lowest BCUT2D eigenvalue weighted by Gasteiger charge is -2.32. The second-order valence-electron chi connectivity index (χ2n) is 6.22. The van der Waals surface area contributed by atoms with E-state index in [9.17, 15) is 0 Å². The Morgan fingerprint density at radius 2 is 1.77 bits per heavy atom. The van der Waals surface area contributed by atoms with Gasteiger partial charge in [0, 0.05) is 49.5 Å². The maximum Gasteiger partial charge on any atom is 0.126 e. The number of ether oxygens (including phenoxy) is 1. The van der Waals surface area contributed by atoms with Crippen molar-refractivity contribution in [3.05, 3.63) is 70.8 Å². The zero-order valence-electron chi connectivity index (χ0n) is 15.0. The summed E-state index contributed by atoms with van der Waals surface area (Å²) in [4.78, 5) is 2.44. The van der Waals surface area contributed by atoms with Crippen molar-refractivity contribution in [2.24, 2.45) is 5.10 Å². The molecule has 0 saturated carbocycles. The molecule has 0 amide bonds. The zero-order chi connectivity index (χ0) is 18.2. The number of nitrogens with zero attached hydrogens (tertiary/aromatic N) is 3. The third kappa shape index (κ3) is 5.35. The van der Waals surface area contributed by atoms with Gasteiger partial charge in [-0.1, -0.05) is 41.9 Å². The molecule has 1 aliphatic heterocycles. The Hall–Kier alpha value is -2.30. The van der Waals surface area contributed by atoms with Gasteiger partial charge in [-0.3, -0.25) is 9.91 Å². The van der Waals surface area contributed by atoms with Crippen molar-refractivity contribution >= 4 is 23.9 Å². The van der Waals surface area contributed by atoms with E-state index >= 15 is 0 Å². The van der Waals surface area contributed by atoms with E-state index < -0.39 is 0 Å². The average molecular weight is 370 g/mol. The summed E-state index contributed by atoms with van der Waals surface area (Å²) in [5, 5.41) is 7.45. The lowest BCUT2D eigenvalue weighted by atomic mass is 10.2. The Balaban J connectivity index is 1.45. The predicted octanol–water partition coefficient (Wildman–Crippen LogP) is 4.17. The Bertz CT molecular complexity index is 750. The minimum atomic E-state index is 0.786. The molecule has 1 heterocycles. The molecule has 26 heavy (non-hydrogen) atoms. The highest BCUT2D eigenvalue weighted by atomic mass is 35.5. The molecular weight excluding hydrogens is 346 g/mol. The van der Waals surface area contributed by atoms with Crippen molar-refractivity contribution in [3.8, 4) is 5.75 Å². The average Bonchev–Trinajstić information content (AvgIpc) is 2.68. The number of piperazine rings is 1.